The molecule has 0 aromatic heterocycles. The number of halogens is 2. The number of benzene rings is 2. The molecule has 2 aromatic rings. The molecule has 3 nitrogen and oxygen atoms in total. The summed E-state index contributed by atoms with van der Waals surface area (Å²) >= 11 is 0. The van der Waals surface area contributed by atoms with Crippen molar-refractivity contribution in [3.05, 3.63) is 59.7 Å². The summed E-state index contributed by atoms with van der Waals surface area (Å²) in [6.07, 6.45) is 0. The van der Waals surface area contributed by atoms with Gasteiger partial charge in [0, 0.05) is 11.5 Å². The van der Waals surface area contributed by atoms with Crippen LogP contribution in [0.15, 0.2) is 42.5 Å². The van der Waals surface area contributed by atoms with E-state index in [0.29, 0.717) is 11.2 Å². The Labute approximate surface area is 147 Å². The van der Waals surface area contributed by atoms with E-state index in [4.69, 9.17) is 14.0 Å². The maximum atomic E-state index is 13.7. The summed E-state index contributed by atoms with van der Waals surface area (Å²) in [4.78, 5) is 0. The SMILES string of the molecule is CC1(C)OB(c2ccc(F)cc2OCc2ccc(F)cc2)OC1(C)C. The van der Waals surface area contributed by atoms with Crippen LogP contribution >= 0.6 is 0 Å². The van der Waals surface area contributed by atoms with Crippen molar-refractivity contribution in [2.75, 3.05) is 0 Å². The first-order valence-corrected chi connectivity index (χ1v) is 8.20. The van der Waals surface area contributed by atoms with Crippen LogP contribution < -0.4 is 10.2 Å². The first-order chi connectivity index (χ1) is 11.7. The summed E-state index contributed by atoms with van der Waals surface area (Å²) in [6.45, 7) is 8.01. The summed E-state index contributed by atoms with van der Waals surface area (Å²) in [5, 5.41) is 0. The van der Waals surface area contributed by atoms with Gasteiger partial charge in [0.05, 0.1) is 11.2 Å². The van der Waals surface area contributed by atoms with Crippen molar-refractivity contribution in [3.63, 3.8) is 0 Å². The Bertz CT molecular complexity index is 744. The lowest BCUT2D eigenvalue weighted by Gasteiger charge is -2.32. The summed E-state index contributed by atoms with van der Waals surface area (Å²) in [5.74, 6) is -0.371. The molecule has 0 radical (unpaired) electrons. The van der Waals surface area contributed by atoms with E-state index in [-0.39, 0.29) is 12.4 Å². The monoisotopic (exact) mass is 346 g/mol. The van der Waals surface area contributed by atoms with Crippen molar-refractivity contribution < 1.29 is 22.8 Å². The Morgan fingerprint density at radius 3 is 2.04 bits per heavy atom. The molecular formula is C19H21BF2O3. The second-order valence-corrected chi connectivity index (χ2v) is 7.19. The standard InChI is InChI=1S/C19H21BF2O3/c1-18(2)19(3,4)25-20(24-18)16-10-9-15(22)11-17(16)23-12-13-5-7-14(21)8-6-13/h5-11H,12H2,1-4H3. The highest BCUT2D eigenvalue weighted by atomic mass is 19.1. The normalized spacial score (nSPS) is 18.4. The van der Waals surface area contributed by atoms with Gasteiger partial charge in [0.2, 0.25) is 0 Å². The second-order valence-electron chi connectivity index (χ2n) is 7.19. The molecule has 0 N–H and O–H groups in total. The van der Waals surface area contributed by atoms with E-state index in [2.05, 4.69) is 0 Å². The minimum absolute atomic E-state index is 0.191. The molecule has 1 aliphatic heterocycles. The zero-order chi connectivity index (χ0) is 18.2. The predicted molar refractivity (Wildman–Crippen MR) is 92.8 cm³/mol. The highest BCUT2D eigenvalue weighted by Crippen LogP contribution is 2.37. The van der Waals surface area contributed by atoms with Gasteiger partial charge >= 0.3 is 7.12 Å². The Kier molecular flexibility index (Phi) is 4.60. The van der Waals surface area contributed by atoms with E-state index in [1.165, 1.54) is 24.3 Å². The smallest absolute Gasteiger partial charge is 0.489 e. The van der Waals surface area contributed by atoms with Crippen molar-refractivity contribution in [3.8, 4) is 5.75 Å². The molecule has 3 rings (SSSR count). The third kappa shape index (κ3) is 3.70. The molecule has 1 aliphatic rings. The average molecular weight is 346 g/mol. The van der Waals surface area contributed by atoms with Crippen LogP contribution in [0, 0.1) is 11.6 Å². The van der Waals surface area contributed by atoms with Crippen molar-refractivity contribution in [1.29, 1.82) is 0 Å². The van der Waals surface area contributed by atoms with Crippen molar-refractivity contribution in [1.82, 2.24) is 0 Å². The maximum Gasteiger partial charge on any atom is 0.498 e. The van der Waals surface area contributed by atoms with E-state index in [1.807, 2.05) is 27.7 Å². The fraction of sp³-hybridized carbons (Fsp3) is 0.368. The largest absolute Gasteiger partial charge is 0.498 e. The van der Waals surface area contributed by atoms with Gasteiger partial charge in [0.15, 0.2) is 0 Å². The molecule has 0 saturated carbocycles. The minimum atomic E-state index is -0.645. The Morgan fingerprint density at radius 1 is 0.880 bits per heavy atom. The minimum Gasteiger partial charge on any atom is -0.489 e. The van der Waals surface area contributed by atoms with Crippen molar-refractivity contribution >= 4 is 12.6 Å². The molecule has 2 aromatic carbocycles. The highest BCUT2D eigenvalue weighted by molar-refractivity contribution is 6.63. The van der Waals surface area contributed by atoms with Gasteiger partial charge in [0.1, 0.15) is 24.0 Å². The molecule has 0 amide bonds. The third-order valence-corrected chi connectivity index (χ3v) is 4.79. The number of rotatable bonds is 4. The van der Waals surface area contributed by atoms with Gasteiger partial charge in [-0.15, -0.1) is 0 Å². The zero-order valence-corrected chi connectivity index (χ0v) is 14.8. The Hall–Kier alpha value is -1.92. The van der Waals surface area contributed by atoms with E-state index in [1.54, 1.807) is 18.2 Å². The molecular weight excluding hydrogens is 325 g/mol. The van der Waals surface area contributed by atoms with Crippen LogP contribution in [0.1, 0.15) is 33.3 Å². The lowest BCUT2D eigenvalue weighted by atomic mass is 9.78. The summed E-state index contributed by atoms with van der Waals surface area (Å²) in [6, 6.07) is 10.2. The molecule has 1 fully saturated rings. The molecule has 0 bridgehead atoms. The van der Waals surface area contributed by atoms with E-state index >= 15 is 0 Å². The quantitative estimate of drug-likeness (QED) is 0.788. The summed E-state index contributed by atoms with van der Waals surface area (Å²) < 4.78 is 44.5. The van der Waals surface area contributed by atoms with Gasteiger partial charge in [0.25, 0.3) is 0 Å². The van der Waals surface area contributed by atoms with Gasteiger partial charge in [-0.3, -0.25) is 0 Å². The first-order valence-electron chi connectivity index (χ1n) is 8.20. The Morgan fingerprint density at radius 2 is 1.44 bits per heavy atom. The first kappa shape index (κ1) is 17.9. The summed E-state index contributed by atoms with van der Waals surface area (Å²) in [7, 11) is -0.645. The second kappa shape index (κ2) is 6.43. The molecule has 0 atom stereocenters. The maximum absolute atomic E-state index is 13.7. The lowest BCUT2D eigenvalue weighted by molar-refractivity contribution is 0.00578. The van der Waals surface area contributed by atoms with Crippen LogP contribution in [0.2, 0.25) is 0 Å². The number of hydrogen-bond donors (Lipinski definition) is 0. The molecule has 25 heavy (non-hydrogen) atoms. The van der Waals surface area contributed by atoms with Crippen molar-refractivity contribution in [2.24, 2.45) is 0 Å². The van der Waals surface area contributed by atoms with Crippen LogP contribution in [0.3, 0.4) is 0 Å². The van der Waals surface area contributed by atoms with Crippen LogP contribution in [-0.4, -0.2) is 18.3 Å². The highest BCUT2D eigenvalue weighted by Gasteiger charge is 2.52. The lowest BCUT2D eigenvalue weighted by Crippen LogP contribution is -2.41. The predicted octanol–water partition coefficient (Wildman–Crippen LogP) is 3.84. The molecule has 0 unspecified atom stereocenters. The molecule has 0 aliphatic carbocycles. The van der Waals surface area contributed by atoms with Gasteiger partial charge in [-0.2, -0.15) is 0 Å². The van der Waals surface area contributed by atoms with E-state index < -0.39 is 24.1 Å². The van der Waals surface area contributed by atoms with Crippen LogP contribution in [-0.2, 0) is 15.9 Å². The van der Waals surface area contributed by atoms with Crippen molar-refractivity contribution in [2.45, 2.75) is 45.5 Å². The van der Waals surface area contributed by atoms with Gasteiger partial charge in [-0.05, 0) is 51.5 Å². The van der Waals surface area contributed by atoms with Gasteiger partial charge in [-0.25, -0.2) is 8.78 Å². The summed E-state index contributed by atoms with van der Waals surface area (Å²) in [5.41, 5.74) is 0.410. The zero-order valence-electron chi connectivity index (χ0n) is 14.8. The van der Waals surface area contributed by atoms with Gasteiger partial charge < -0.3 is 14.0 Å². The van der Waals surface area contributed by atoms with E-state index in [9.17, 15) is 8.78 Å². The average Bonchev–Trinajstić information content (AvgIpc) is 2.75. The fourth-order valence-electron chi connectivity index (χ4n) is 2.54. The molecule has 132 valence electrons. The third-order valence-electron chi connectivity index (χ3n) is 4.79. The number of hydrogen-bond acceptors (Lipinski definition) is 3. The molecule has 1 heterocycles. The Balaban J connectivity index is 1.83. The van der Waals surface area contributed by atoms with Gasteiger partial charge in [-0.1, -0.05) is 18.2 Å². The topological polar surface area (TPSA) is 27.7 Å². The molecule has 1 saturated heterocycles. The van der Waals surface area contributed by atoms with E-state index in [0.717, 1.165) is 5.56 Å². The van der Waals surface area contributed by atoms with Crippen LogP contribution in [0.4, 0.5) is 8.78 Å². The molecule has 0 spiro atoms. The van der Waals surface area contributed by atoms with Crippen LogP contribution in [0.25, 0.3) is 0 Å². The fourth-order valence-corrected chi connectivity index (χ4v) is 2.54. The molecule has 6 heteroatoms. The van der Waals surface area contributed by atoms with Crippen LogP contribution in [0.5, 0.6) is 5.75 Å². The number of ether oxygens (including phenoxy) is 1.